The lowest BCUT2D eigenvalue weighted by molar-refractivity contribution is 0.304. The quantitative estimate of drug-likeness (QED) is 0.300. The Morgan fingerprint density at radius 3 is 2.35 bits per heavy atom. The van der Waals surface area contributed by atoms with Crippen LogP contribution in [0, 0.1) is 11.3 Å². The highest BCUT2D eigenvalue weighted by Crippen LogP contribution is 2.39. The number of nitriles is 1. The Bertz CT molecular complexity index is 1270. The fourth-order valence-corrected chi connectivity index (χ4v) is 4.05. The second kappa shape index (κ2) is 9.34. The zero-order chi connectivity index (χ0) is 21.8. The smallest absolute Gasteiger partial charge is 0.141 e. The third-order valence-corrected chi connectivity index (χ3v) is 5.98. The van der Waals surface area contributed by atoms with Crippen molar-refractivity contribution in [3.63, 3.8) is 0 Å². The van der Waals surface area contributed by atoms with Gasteiger partial charge in [-0.05, 0) is 56.9 Å². The molecule has 1 aromatic heterocycles. The molecule has 0 radical (unpaired) electrons. The van der Waals surface area contributed by atoms with Crippen molar-refractivity contribution in [2.24, 2.45) is 0 Å². The first kappa shape index (κ1) is 21.1. The van der Waals surface area contributed by atoms with Gasteiger partial charge in [0.05, 0.1) is 4.47 Å². The number of hydrogen-bond donors (Lipinski definition) is 1. The minimum Gasteiger partial charge on any atom is -0.488 e. The van der Waals surface area contributed by atoms with Crippen molar-refractivity contribution in [3.05, 3.63) is 99.1 Å². The molecule has 0 saturated heterocycles. The summed E-state index contributed by atoms with van der Waals surface area (Å²) in [6, 6.07) is 25.8. The molecule has 4 rings (SSSR count). The molecule has 1 heterocycles. The number of nitrogen functional groups attached to an aromatic ring is 1. The normalized spacial score (nSPS) is 10.5. The highest BCUT2D eigenvalue weighted by Gasteiger charge is 2.17. The van der Waals surface area contributed by atoms with Crippen LogP contribution in [-0.2, 0) is 6.61 Å². The molecule has 6 heteroatoms. The fraction of sp³-hybridized carbons (Fsp3) is 0.0400. The molecule has 0 saturated carbocycles. The second-order valence-corrected chi connectivity index (χ2v) is 8.62. The molecule has 0 aliphatic rings. The summed E-state index contributed by atoms with van der Waals surface area (Å²) < 4.78 is 7.81. The average Bonchev–Trinajstić information content (AvgIpc) is 2.79. The molecular formula is C25H17Br2N3O. The van der Waals surface area contributed by atoms with Gasteiger partial charge in [0, 0.05) is 21.8 Å². The number of rotatable bonds is 5. The van der Waals surface area contributed by atoms with Crippen LogP contribution in [0.4, 0.5) is 5.82 Å². The molecule has 0 aliphatic heterocycles. The van der Waals surface area contributed by atoms with E-state index in [4.69, 9.17) is 10.5 Å². The van der Waals surface area contributed by atoms with E-state index in [1.807, 2.05) is 72.8 Å². The fourth-order valence-electron chi connectivity index (χ4n) is 3.29. The zero-order valence-corrected chi connectivity index (χ0v) is 19.5. The first-order valence-corrected chi connectivity index (χ1v) is 11.1. The molecule has 2 N–H and O–H groups in total. The maximum atomic E-state index is 9.78. The predicted molar refractivity (Wildman–Crippen MR) is 130 cm³/mol. The number of ether oxygens (including phenoxy) is 1. The zero-order valence-electron chi connectivity index (χ0n) is 16.3. The van der Waals surface area contributed by atoms with Crippen LogP contribution in [0.2, 0.25) is 0 Å². The maximum Gasteiger partial charge on any atom is 0.141 e. The number of pyridine rings is 1. The topological polar surface area (TPSA) is 71.9 Å². The Hall–Kier alpha value is -3.14. The first-order valence-electron chi connectivity index (χ1n) is 9.48. The largest absolute Gasteiger partial charge is 0.488 e. The van der Waals surface area contributed by atoms with E-state index in [2.05, 4.69) is 42.9 Å². The lowest BCUT2D eigenvalue weighted by atomic mass is 9.92. The SMILES string of the molecule is N#Cc1c(N)ncc(-c2ccccc2)c1-c1ccc(OCc2ccc(Br)cc2)c(Br)c1. The monoisotopic (exact) mass is 533 g/mol. The first-order chi connectivity index (χ1) is 15.1. The molecule has 31 heavy (non-hydrogen) atoms. The summed E-state index contributed by atoms with van der Waals surface area (Å²) in [7, 11) is 0. The van der Waals surface area contributed by atoms with Crippen molar-refractivity contribution >= 4 is 37.7 Å². The van der Waals surface area contributed by atoms with E-state index in [1.165, 1.54) is 0 Å². The van der Waals surface area contributed by atoms with Crippen molar-refractivity contribution in [2.45, 2.75) is 6.61 Å². The number of nitrogens with zero attached hydrogens (tertiary/aromatic N) is 2. The number of anilines is 1. The molecule has 3 aromatic carbocycles. The van der Waals surface area contributed by atoms with Crippen molar-refractivity contribution in [1.82, 2.24) is 4.98 Å². The number of nitrogens with two attached hydrogens (primary N) is 1. The van der Waals surface area contributed by atoms with Crippen LogP contribution in [0.25, 0.3) is 22.3 Å². The molecular weight excluding hydrogens is 518 g/mol. The third-order valence-electron chi connectivity index (χ3n) is 4.83. The summed E-state index contributed by atoms with van der Waals surface area (Å²) in [6.45, 7) is 0.451. The van der Waals surface area contributed by atoms with Crippen LogP contribution in [0.15, 0.2) is 87.9 Å². The van der Waals surface area contributed by atoms with Gasteiger partial charge in [0.25, 0.3) is 0 Å². The van der Waals surface area contributed by atoms with Crippen molar-refractivity contribution in [1.29, 1.82) is 5.26 Å². The lowest BCUT2D eigenvalue weighted by Gasteiger charge is -2.15. The molecule has 0 amide bonds. The summed E-state index contributed by atoms with van der Waals surface area (Å²) in [5.74, 6) is 0.928. The van der Waals surface area contributed by atoms with Gasteiger partial charge in [-0.15, -0.1) is 0 Å². The van der Waals surface area contributed by atoms with E-state index >= 15 is 0 Å². The van der Waals surface area contributed by atoms with Gasteiger partial charge in [-0.2, -0.15) is 5.26 Å². The van der Waals surface area contributed by atoms with Gasteiger partial charge in [-0.25, -0.2) is 4.98 Å². The summed E-state index contributed by atoms with van der Waals surface area (Å²) in [4.78, 5) is 4.24. The molecule has 0 atom stereocenters. The standard InChI is InChI=1S/C25H17Br2N3O/c26-19-9-6-16(7-10-19)15-31-23-11-8-18(12-22(23)27)24-20(13-28)25(29)30-14-21(24)17-4-2-1-3-5-17/h1-12,14H,15H2,(H2,29,30). The molecule has 4 aromatic rings. The Labute approximate surface area is 197 Å². The molecule has 0 spiro atoms. The highest BCUT2D eigenvalue weighted by molar-refractivity contribution is 9.10. The number of benzene rings is 3. The van der Waals surface area contributed by atoms with Gasteiger partial charge >= 0.3 is 0 Å². The minimum absolute atomic E-state index is 0.212. The van der Waals surface area contributed by atoms with Crippen LogP contribution in [-0.4, -0.2) is 4.98 Å². The van der Waals surface area contributed by atoms with Crippen molar-refractivity contribution < 1.29 is 4.74 Å². The molecule has 4 nitrogen and oxygen atoms in total. The van der Waals surface area contributed by atoms with E-state index in [-0.39, 0.29) is 5.82 Å². The second-order valence-electron chi connectivity index (χ2n) is 6.85. The molecule has 0 aliphatic carbocycles. The van der Waals surface area contributed by atoms with Crippen LogP contribution in [0.1, 0.15) is 11.1 Å². The highest BCUT2D eigenvalue weighted by atomic mass is 79.9. The van der Waals surface area contributed by atoms with Crippen LogP contribution >= 0.6 is 31.9 Å². The van der Waals surface area contributed by atoms with Gasteiger partial charge in [-0.3, -0.25) is 0 Å². The molecule has 0 unspecified atom stereocenters. The van der Waals surface area contributed by atoms with Gasteiger partial charge < -0.3 is 10.5 Å². The number of aromatic nitrogens is 1. The van der Waals surface area contributed by atoms with E-state index < -0.39 is 0 Å². The van der Waals surface area contributed by atoms with Gasteiger partial charge in [-0.1, -0.05) is 64.5 Å². The Balaban J connectivity index is 1.71. The van der Waals surface area contributed by atoms with Gasteiger partial charge in [0.2, 0.25) is 0 Å². The van der Waals surface area contributed by atoms with E-state index in [9.17, 15) is 5.26 Å². The Morgan fingerprint density at radius 2 is 1.68 bits per heavy atom. The molecule has 0 bridgehead atoms. The van der Waals surface area contributed by atoms with E-state index in [0.29, 0.717) is 17.9 Å². The summed E-state index contributed by atoms with van der Waals surface area (Å²) in [6.07, 6.45) is 1.71. The van der Waals surface area contributed by atoms with Gasteiger partial charge in [0.1, 0.15) is 29.8 Å². The Morgan fingerprint density at radius 1 is 0.935 bits per heavy atom. The number of hydrogen-bond acceptors (Lipinski definition) is 4. The van der Waals surface area contributed by atoms with Crippen LogP contribution in [0.3, 0.4) is 0 Å². The number of halogens is 2. The minimum atomic E-state index is 0.212. The predicted octanol–water partition coefficient (Wildman–Crippen LogP) is 6.97. The van der Waals surface area contributed by atoms with E-state index in [0.717, 1.165) is 36.8 Å². The van der Waals surface area contributed by atoms with Crippen molar-refractivity contribution in [3.8, 4) is 34.1 Å². The Kier molecular flexibility index (Phi) is 6.36. The summed E-state index contributed by atoms with van der Waals surface area (Å²) >= 11 is 7.05. The summed E-state index contributed by atoms with van der Waals surface area (Å²) in [5, 5.41) is 9.78. The summed E-state index contributed by atoms with van der Waals surface area (Å²) in [5.41, 5.74) is 10.9. The maximum absolute atomic E-state index is 9.78. The lowest BCUT2D eigenvalue weighted by Crippen LogP contribution is -2.00. The van der Waals surface area contributed by atoms with E-state index in [1.54, 1.807) is 6.20 Å². The van der Waals surface area contributed by atoms with Crippen molar-refractivity contribution in [2.75, 3.05) is 5.73 Å². The molecule has 0 fully saturated rings. The van der Waals surface area contributed by atoms with Crippen LogP contribution in [0.5, 0.6) is 5.75 Å². The van der Waals surface area contributed by atoms with Gasteiger partial charge in [0.15, 0.2) is 0 Å². The molecule has 152 valence electrons. The third kappa shape index (κ3) is 4.63. The average molecular weight is 535 g/mol. The van der Waals surface area contributed by atoms with Crippen LogP contribution < -0.4 is 10.5 Å².